The van der Waals surface area contributed by atoms with Crippen LogP contribution in [0, 0.1) is 0 Å². The molecule has 2 aromatic carbocycles. The van der Waals surface area contributed by atoms with E-state index in [1.165, 1.54) is 11.3 Å². The highest BCUT2D eigenvalue weighted by Gasteiger charge is 2.24. The van der Waals surface area contributed by atoms with Crippen molar-refractivity contribution in [1.82, 2.24) is 15.2 Å². The minimum absolute atomic E-state index is 0.0564. The van der Waals surface area contributed by atoms with Gasteiger partial charge in [-0.3, -0.25) is 9.69 Å². The summed E-state index contributed by atoms with van der Waals surface area (Å²) in [7, 11) is 1.66. The van der Waals surface area contributed by atoms with Crippen molar-refractivity contribution < 1.29 is 14.3 Å². The number of amides is 1. The van der Waals surface area contributed by atoms with Gasteiger partial charge in [0, 0.05) is 19.6 Å². The number of para-hydroxylation sites is 1. The van der Waals surface area contributed by atoms with Gasteiger partial charge in [0.1, 0.15) is 10.8 Å². The molecule has 1 N–H and O–H groups in total. The van der Waals surface area contributed by atoms with Crippen LogP contribution < -0.4 is 10.1 Å². The van der Waals surface area contributed by atoms with Crippen LogP contribution in [0.5, 0.6) is 5.75 Å². The van der Waals surface area contributed by atoms with Gasteiger partial charge in [-0.05, 0) is 42.0 Å². The van der Waals surface area contributed by atoms with Crippen LogP contribution in [0.1, 0.15) is 21.3 Å². The van der Waals surface area contributed by atoms with Gasteiger partial charge in [0.2, 0.25) is 0 Å². The number of carbonyl (C=O) groups is 1. The average molecular weight is 480 g/mol. The van der Waals surface area contributed by atoms with Gasteiger partial charge in [0.25, 0.3) is 5.91 Å². The van der Waals surface area contributed by atoms with Crippen LogP contribution in [0.15, 0.2) is 60.7 Å². The van der Waals surface area contributed by atoms with Crippen molar-refractivity contribution in [3.63, 3.8) is 0 Å². The first-order valence-electron chi connectivity index (χ1n) is 10.9. The first-order chi connectivity index (χ1) is 16.2. The lowest BCUT2D eigenvalue weighted by Crippen LogP contribution is -2.43. The molecule has 1 saturated heterocycles. The van der Waals surface area contributed by atoms with E-state index in [0.29, 0.717) is 24.6 Å². The lowest BCUT2D eigenvalue weighted by atomic mass is 10.0. The molecule has 1 aliphatic rings. The van der Waals surface area contributed by atoms with Crippen molar-refractivity contribution in [2.45, 2.75) is 6.04 Å². The van der Waals surface area contributed by atoms with E-state index in [1.807, 2.05) is 42.5 Å². The molecule has 1 aliphatic heterocycles. The monoisotopic (exact) mass is 479 g/mol. The summed E-state index contributed by atoms with van der Waals surface area (Å²) < 4.78 is 12.0. The predicted octanol–water partition coefficient (Wildman–Crippen LogP) is 4.84. The van der Waals surface area contributed by atoms with Crippen molar-refractivity contribution in [2.24, 2.45) is 0 Å². The zero-order chi connectivity index (χ0) is 22.6. The summed E-state index contributed by atoms with van der Waals surface area (Å²) in [4.78, 5) is 21.8. The Bertz CT molecular complexity index is 1200. The normalized spacial score (nSPS) is 15.4. The fourth-order valence-corrected chi connectivity index (χ4v) is 5.94. The van der Waals surface area contributed by atoms with Crippen LogP contribution in [-0.4, -0.2) is 55.7 Å². The molecule has 0 bridgehead atoms. The first kappa shape index (κ1) is 22.0. The van der Waals surface area contributed by atoms with E-state index in [-0.39, 0.29) is 11.9 Å². The summed E-state index contributed by atoms with van der Waals surface area (Å²) in [5.41, 5.74) is 2.14. The van der Waals surface area contributed by atoms with E-state index in [0.717, 1.165) is 44.5 Å². The molecule has 1 unspecified atom stereocenters. The van der Waals surface area contributed by atoms with E-state index in [1.54, 1.807) is 18.4 Å². The highest BCUT2D eigenvalue weighted by molar-refractivity contribution is 7.26. The summed E-state index contributed by atoms with van der Waals surface area (Å²) in [5.74, 6) is 0.767. The highest BCUT2D eigenvalue weighted by atomic mass is 32.1. The number of morpholine rings is 1. The predicted molar refractivity (Wildman–Crippen MR) is 133 cm³/mol. The van der Waals surface area contributed by atoms with Crippen molar-refractivity contribution >= 4 is 38.8 Å². The Kier molecular flexibility index (Phi) is 6.68. The zero-order valence-electron chi connectivity index (χ0n) is 18.3. The summed E-state index contributed by atoms with van der Waals surface area (Å²) in [6.07, 6.45) is 0. The second-order valence-corrected chi connectivity index (χ2v) is 9.91. The van der Waals surface area contributed by atoms with Crippen molar-refractivity contribution in [1.29, 1.82) is 0 Å². The van der Waals surface area contributed by atoms with Gasteiger partial charge in [-0.15, -0.1) is 22.7 Å². The molecule has 2 aromatic heterocycles. The molecule has 170 valence electrons. The standard InChI is InChI=1S/C25H25N3O3S2/c1-30-18-8-6-17(7-9-18)20(28-12-14-31-15-13-28)16-26-24(29)22-10-11-23(32-22)25-27-19-4-2-3-5-21(19)33-25/h2-11,20H,12-16H2,1H3,(H,26,29). The second kappa shape index (κ2) is 10.0. The SMILES string of the molecule is COc1ccc(C(CNC(=O)c2ccc(-c3nc4ccccc4s3)s2)N2CCOCC2)cc1. The number of hydrogen-bond donors (Lipinski definition) is 1. The van der Waals surface area contributed by atoms with Crippen LogP contribution >= 0.6 is 22.7 Å². The lowest BCUT2D eigenvalue weighted by molar-refractivity contribution is 0.0162. The molecule has 6 nitrogen and oxygen atoms in total. The third-order valence-electron chi connectivity index (χ3n) is 5.78. The molecule has 0 saturated carbocycles. The molecule has 0 spiro atoms. The lowest BCUT2D eigenvalue weighted by Gasteiger charge is -2.35. The Morgan fingerprint density at radius 1 is 1.09 bits per heavy atom. The van der Waals surface area contributed by atoms with E-state index in [2.05, 4.69) is 28.4 Å². The Labute approximate surface area is 200 Å². The quantitative estimate of drug-likeness (QED) is 0.411. The molecular formula is C25H25N3O3S2. The number of nitrogens with zero attached hydrogens (tertiary/aromatic N) is 2. The van der Waals surface area contributed by atoms with Gasteiger partial charge >= 0.3 is 0 Å². The number of nitrogens with one attached hydrogen (secondary N) is 1. The topological polar surface area (TPSA) is 63.7 Å². The molecule has 4 aromatic rings. The molecule has 0 radical (unpaired) electrons. The third-order valence-corrected chi connectivity index (χ3v) is 8.07. The molecule has 0 aliphatic carbocycles. The average Bonchev–Trinajstić information content (AvgIpc) is 3.52. The molecule has 1 fully saturated rings. The summed E-state index contributed by atoms with van der Waals surface area (Å²) >= 11 is 3.13. The fourth-order valence-electron chi connectivity index (χ4n) is 4.00. The maximum absolute atomic E-state index is 13.0. The number of thiophene rings is 1. The minimum atomic E-state index is -0.0564. The first-order valence-corrected chi connectivity index (χ1v) is 12.5. The number of fused-ring (bicyclic) bond motifs is 1. The van der Waals surface area contributed by atoms with E-state index in [9.17, 15) is 4.79 Å². The number of aromatic nitrogens is 1. The Morgan fingerprint density at radius 2 is 1.88 bits per heavy atom. The van der Waals surface area contributed by atoms with Gasteiger partial charge in [-0.25, -0.2) is 4.98 Å². The maximum atomic E-state index is 13.0. The van der Waals surface area contributed by atoms with Gasteiger partial charge in [-0.1, -0.05) is 24.3 Å². The number of carbonyl (C=O) groups excluding carboxylic acids is 1. The van der Waals surface area contributed by atoms with E-state index < -0.39 is 0 Å². The number of thiazole rings is 1. The fraction of sp³-hybridized carbons (Fsp3) is 0.280. The third kappa shape index (κ3) is 4.94. The summed E-state index contributed by atoms with van der Waals surface area (Å²) in [6.45, 7) is 3.62. The van der Waals surface area contributed by atoms with Gasteiger partial charge in [0.05, 0.1) is 46.3 Å². The van der Waals surface area contributed by atoms with Crippen molar-refractivity contribution in [3.05, 3.63) is 71.1 Å². The minimum Gasteiger partial charge on any atom is -0.497 e. The molecule has 3 heterocycles. The molecule has 8 heteroatoms. The molecular weight excluding hydrogens is 454 g/mol. The Balaban J connectivity index is 1.30. The number of methoxy groups -OCH3 is 1. The van der Waals surface area contributed by atoms with Crippen LogP contribution in [0.25, 0.3) is 20.1 Å². The van der Waals surface area contributed by atoms with Crippen LogP contribution in [0.2, 0.25) is 0 Å². The highest BCUT2D eigenvalue weighted by Crippen LogP contribution is 2.34. The van der Waals surface area contributed by atoms with E-state index in [4.69, 9.17) is 14.5 Å². The molecule has 33 heavy (non-hydrogen) atoms. The second-order valence-electron chi connectivity index (χ2n) is 7.80. The van der Waals surface area contributed by atoms with Crippen LogP contribution in [0.3, 0.4) is 0 Å². The van der Waals surface area contributed by atoms with Gasteiger partial charge in [0.15, 0.2) is 0 Å². The van der Waals surface area contributed by atoms with Crippen LogP contribution in [0.4, 0.5) is 0 Å². The summed E-state index contributed by atoms with van der Waals surface area (Å²) in [5, 5.41) is 4.10. The zero-order valence-corrected chi connectivity index (χ0v) is 20.0. The Hall–Kier alpha value is -2.78. The molecule has 1 atom stereocenters. The van der Waals surface area contributed by atoms with E-state index >= 15 is 0 Å². The summed E-state index contributed by atoms with van der Waals surface area (Å²) in [6, 6.07) is 20.1. The number of hydrogen-bond acceptors (Lipinski definition) is 7. The maximum Gasteiger partial charge on any atom is 0.261 e. The largest absolute Gasteiger partial charge is 0.497 e. The smallest absolute Gasteiger partial charge is 0.261 e. The van der Waals surface area contributed by atoms with Gasteiger partial charge in [-0.2, -0.15) is 0 Å². The van der Waals surface area contributed by atoms with Crippen LogP contribution in [-0.2, 0) is 4.74 Å². The molecule has 1 amide bonds. The van der Waals surface area contributed by atoms with Gasteiger partial charge < -0.3 is 14.8 Å². The number of rotatable bonds is 7. The van der Waals surface area contributed by atoms with Crippen molar-refractivity contribution in [3.8, 4) is 15.6 Å². The Morgan fingerprint density at radius 3 is 2.64 bits per heavy atom. The molecule has 5 rings (SSSR count). The number of benzene rings is 2. The number of ether oxygens (including phenoxy) is 2. The van der Waals surface area contributed by atoms with Crippen molar-refractivity contribution in [2.75, 3.05) is 40.0 Å².